The smallest absolute Gasteiger partial charge is 0.345 e. The van der Waals surface area contributed by atoms with Gasteiger partial charge < -0.3 is 9.47 Å². The number of nitro benzene ring substituents is 1. The Balaban J connectivity index is 1.77. The highest BCUT2D eigenvalue weighted by Crippen LogP contribution is 2.27. The highest BCUT2D eigenvalue weighted by molar-refractivity contribution is 5.94. The number of pyridine rings is 1. The van der Waals surface area contributed by atoms with Gasteiger partial charge in [-0.2, -0.15) is 0 Å². The van der Waals surface area contributed by atoms with E-state index in [2.05, 4.69) is 4.98 Å². The molecule has 0 aliphatic rings. The van der Waals surface area contributed by atoms with Gasteiger partial charge in [0.1, 0.15) is 23.7 Å². The van der Waals surface area contributed by atoms with Crippen LogP contribution in [0.25, 0.3) is 0 Å². The van der Waals surface area contributed by atoms with Crippen LogP contribution in [0.15, 0.2) is 67.0 Å². The van der Waals surface area contributed by atoms with Crippen LogP contribution in [-0.2, 0) is 11.3 Å². The average Bonchev–Trinajstić information content (AvgIpc) is 2.67. The fourth-order valence-corrected chi connectivity index (χ4v) is 2.54. The zero-order chi connectivity index (χ0) is 19.2. The summed E-state index contributed by atoms with van der Waals surface area (Å²) in [7, 11) is 0. The Morgan fingerprint density at radius 3 is 2.67 bits per heavy atom. The van der Waals surface area contributed by atoms with Crippen molar-refractivity contribution in [3.63, 3.8) is 0 Å². The molecule has 0 spiro atoms. The number of esters is 1. The molecule has 2 aromatic carbocycles. The molecule has 0 unspecified atom stereocenters. The van der Waals surface area contributed by atoms with Gasteiger partial charge in [-0.15, -0.1) is 0 Å². The van der Waals surface area contributed by atoms with Gasteiger partial charge in [-0.25, -0.2) is 4.79 Å². The second kappa shape index (κ2) is 8.09. The Kier molecular flexibility index (Phi) is 5.41. The van der Waals surface area contributed by atoms with Gasteiger partial charge in [0.2, 0.25) is 0 Å². The Hall–Kier alpha value is -3.74. The first-order chi connectivity index (χ1) is 13.1. The molecule has 0 fully saturated rings. The van der Waals surface area contributed by atoms with E-state index in [-0.39, 0.29) is 17.9 Å². The minimum atomic E-state index is -0.762. The number of rotatable bonds is 6. The van der Waals surface area contributed by atoms with Crippen molar-refractivity contribution >= 4 is 11.7 Å². The van der Waals surface area contributed by atoms with Crippen LogP contribution >= 0.6 is 0 Å². The Bertz CT molecular complexity index is 973. The fraction of sp³-hybridized carbons (Fsp3) is 0.100. The fourth-order valence-electron chi connectivity index (χ4n) is 2.54. The van der Waals surface area contributed by atoms with E-state index in [4.69, 9.17) is 9.47 Å². The first kappa shape index (κ1) is 18.1. The minimum absolute atomic E-state index is 0.0781. The monoisotopic (exact) mass is 364 g/mol. The number of benzene rings is 2. The van der Waals surface area contributed by atoms with Crippen LogP contribution in [0, 0.1) is 17.0 Å². The molecule has 0 aliphatic carbocycles. The summed E-state index contributed by atoms with van der Waals surface area (Å²) in [5.74, 6) is 0.296. The second-order valence-corrected chi connectivity index (χ2v) is 5.70. The van der Waals surface area contributed by atoms with E-state index in [0.29, 0.717) is 22.6 Å². The lowest BCUT2D eigenvalue weighted by Gasteiger charge is -2.11. The Morgan fingerprint density at radius 1 is 1.11 bits per heavy atom. The molecular weight excluding hydrogens is 348 g/mol. The average molecular weight is 364 g/mol. The number of nitro groups is 1. The van der Waals surface area contributed by atoms with Crippen molar-refractivity contribution in [3.05, 3.63) is 93.8 Å². The summed E-state index contributed by atoms with van der Waals surface area (Å²) in [5.41, 5.74) is 0.702. The molecule has 0 bridgehead atoms. The molecule has 1 heterocycles. The van der Waals surface area contributed by atoms with Gasteiger partial charge in [-0.3, -0.25) is 15.1 Å². The van der Waals surface area contributed by atoms with Crippen molar-refractivity contribution in [3.8, 4) is 11.5 Å². The van der Waals surface area contributed by atoms with Crippen LogP contribution in [-0.4, -0.2) is 15.9 Å². The van der Waals surface area contributed by atoms with Crippen LogP contribution in [0.2, 0.25) is 0 Å². The first-order valence-corrected chi connectivity index (χ1v) is 8.13. The third-order valence-corrected chi connectivity index (χ3v) is 3.83. The van der Waals surface area contributed by atoms with Crippen LogP contribution < -0.4 is 4.74 Å². The van der Waals surface area contributed by atoms with Crippen molar-refractivity contribution in [1.82, 2.24) is 4.98 Å². The number of hydrogen-bond donors (Lipinski definition) is 0. The van der Waals surface area contributed by atoms with Crippen LogP contribution in [0.5, 0.6) is 11.5 Å². The van der Waals surface area contributed by atoms with Gasteiger partial charge in [0.25, 0.3) is 5.69 Å². The van der Waals surface area contributed by atoms with E-state index in [0.717, 1.165) is 0 Å². The maximum absolute atomic E-state index is 12.4. The predicted octanol–water partition coefficient (Wildman–Crippen LogP) is 4.45. The van der Waals surface area contributed by atoms with Gasteiger partial charge in [0.15, 0.2) is 0 Å². The lowest BCUT2D eigenvalue weighted by Crippen LogP contribution is -2.09. The van der Waals surface area contributed by atoms with Gasteiger partial charge in [-0.1, -0.05) is 30.3 Å². The maximum atomic E-state index is 12.4. The lowest BCUT2D eigenvalue weighted by atomic mass is 10.1. The summed E-state index contributed by atoms with van der Waals surface area (Å²) < 4.78 is 11.1. The van der Waals surface area contributed by atoms with Gasteiger partial charge in [-0.05, 0) is 31.2 Å². The zero-order valence-corrected chi connectivity index (χ0v) is 14.5. The summed E-state index contributed by atoms with van der Waals surface area (Å²) in [6, 6.07) is 15.1. The van der Waals surface area contributed by atoms with Gasteiger partial charge >= 0.3 is 5.97 Å². The zero-order valence-electron chi connectivity index (χ0n) is 14.5. The highest BCUT2D eigenvalue weighted by atomic mass is 16.6. The van der Waals surface area contributed by atoms with E-state index in [1.165, 1.54) is 6.07 Å². The molecule has 0 amide bonds. The largest absolute Gasteiger partial charge is 0.457 e. The number of carbonyl (C=O) groups is 1. The lowest BCUT2D eigenvalue weighted by molar-refractivity contribution is -0.385. The molecule has 27 heavy (non-hydrogen) atoms. The molecule has 7 nitrogen and oxygen atoms in total. The number of carbonyl (C=O) groups excluding carboxylic acids is 1. The van der Waals surface area contributed by atoms with Crippen molar-refractivity contribution in [2.75, 3.05) is 0 Å². The molecule has 7 heteroatoms. The van der Waals surface area contributed by atoms with Crippen LogP contribution in [0.3, 0.4) is 0 Å². The number of aryl methyl sites for hydroxylation is 1. The van der Waals surface area contributed by atoms with Gasteiger partial charge in [0.05, 0.1) is 11.1 Å². The normalized spacial score (nSPS) is 10.3. The van der Waals surface area contributed by atoms with E-state index in [1.54, 1.807) is 67.8 Å². The van der Waals surface area contributed by atoms with E-state index in [9.17, 15) is 14.9 Å². The Labute approximate surface area is 155 Å². The molecule has 0 radical (unpaired) electrons. The SMILES string of the molecule is Cc1cccc(C(=O)OCc2ccccc2Oc2cccnc2)c1[N+](=O)[O-]. The molecule has 0 atom stereocenters. The molecule has 1 aromatic heterocycles. The highest BCUT2D eigenvalue weighted by Gasteiger charge is 2.23. The van der Waals surface area contributed by atoms with Gasteiger partial charge in [0, 0.05) is 17.3 Å². The van der Waals surface area contributed by atoms with Crippen LogP contribution in [0.1, 0.15) is 21.5 Å². The van der Waals surface area contributed by atoms with E-state index in [1.807, 2.05) is 0 Å². The molecule has 0 saturated heterocycles. The molecule has 3 rings (SSSR count). The van der Waals surface area contributed by atoms with Crippen LogP contribution in [0.4, 0.5) is 5.69 Å². The second-order valence-electron chi connectivity index (χ2n) is 5.70. The summed E-state index contributed by atoms with van der Waals surface area (Å²) in [4.78, 5) is 27.0. The minimum Gasteiger partial charge on any atom is -0.457 e. The number of para-hydroxylation sites is 2. The predicted molar refractivity (Wildman–Crippen MR) is 97.7 cm³/mol. The number of nitrogens with zero attached hydrogens (tertiary/aromatic N) is 2. The third-order valence-electron chi connectivity index (χ3n) is 3.83. The molecule has 3 aromatic rings. The third kappa shape index (κ3) is 4.27. The molecule has 0 saturated carbocycles. The topological polar surface area (TPSA) is 91.6 Å². The summed E-state index contributed by atoms with van der Waals surface area (Å²) in [6.45, 7) is 1.49. The number of ether oxygens (including phenoxy) is 2. The van der Waals surface area contributed by atoms with E-state index >= 15 is 0 Å². The van der Waals surface area contributed by atoms with Crippen molar-refractivity contribution in [1.29, 1.82) is 0 Å². The number of hydrogen-bond acceptors (Lipinski definition) is 6. The number of aromatic nitrogens is 1. The quantitative estimate of drug-likeness (QED) is 0.365. The summed E-state index contributed by atoms with van der Waals surface area (Å²) in [5, 5.41) is 11.3. The summed E-state index contributed by atoms with van der Waals surface area (Å²) >= 11 is 0. The molecule has 136 valence electrons. The molecule has 0 N–H and O–H groups in total. The first-order valence-electron chi connectivity index (χ1n) is 8.13. The Morgan fingerprint density at radius 2 is 1.93 bits per heavy atom. The summed E-state index contributed by atoms with van der Waals surface area (Å²) in [6.07, 6.45) is 3.20. The van der Waals surface area contributed by atoms with Crippen molar-refractivity contribution in [2.24, 2.45) is 0 Å². The van der Waals surface area contributed by atoms with Crippen molar-refractivity contribution in [2.45, 2.75) is 13.5 Å². The van der Waals surface area contributed by atoms with E-state index < -0.39 is 10.9 Å². The van der Waals surface area contributed by atoms with Crippen molar-refractivity contribution < 1.29 is 19.2 Å². The molecule has 0 aliphatic heterocycles. The molecular formula is C20H16N2O5. The standard InChI is InChI=1S/C20H16N2O5/c1-14-6-4-9-17(19(14)22(24)25)20(23)26-13-15-7-2-3-10-18(15)27-16-8-5-11-21-12-16/h2-12H,13H2,1H3. The maximum Gasteiger partial charge on any atom is 0.345 e.